The number of alkyl carbamates (subject to hydrolysis) is 1. The molecule has 2 N–H and O–H groups in total. The minimum absolute atomic E-state index is 0.0213. The third-order valence-corrected chi connectivity index (χ3v) is 5.71. The minimum Gasteiger partial charge on any atom is -0.459 e. The Hall–Kier alpha value is -2.34. The Morgan fingerprint density at radius 1 is 0.882 bits per heavy atom. The predicted molar refractivity (Wildman–Crippen MR) is 139 cm³/mol. The number of amides is 1. The third-order valence-electron chi connectivity index (χ3n) is 5.71. The van der Waals surface area contributed by atoms with E-state index in [-0.39, 0.29) is 13.2 Å². The van der Waals surface area contributed by atoms with E-state index in [2.05, 4.69) is 48.4 Å². The lowest BCUT2D eigenvalue weighted by Crippen LogP contribution is -2.38. The first-order valence-corrected chi connectivity index (χ1v) is 13.0. The van der Waals surface area contributed by atoms with Gasteiger partial charge < -0.3 is 20.1 Å². The molecule has 1 atom stereocenters. The molecule has 0 aliphatic carbocycles. The van der Waals surface area contributed by atoms with E-state index in [1.807, 2.05) is 6.07 Å². The highest BCUT2D eigenvalue weighted by atomic mass is 16.6. The molecule has 1 amide bonds. The largest absolute Gasteiger partial charge is 0.459 e. The average Bonchev–Trinajstić information content (AvgIpc) is 2.83. The normalized spacial score (nSPS) is 11.6. The summed E-state index contributed by atoms with van der Waals surface area (Å²) in [4.78, 5) is 23.1. The van der Waals surface area contributed by atoms with Crippen LogP contribution in [0, 0.1) is 0 Å². The van der Waals surface area contributed by atoms with E-state index < -0.39 is 12.1 Å². The van der Waals surface area contributed by atoms with Crippen LogP contribution in [0.1, 0.15) is 83.6 Å². The Balaban J connectivity index is 2.22. The molecule has 1 aromatic rings. The molecule has 0 saturated heterocycles. The Morgan fingerprint density at radius 2 is 1.50 bits per heavy atom. The van der Waals surface area contributed by atoms with Crippen LogP contribution in [-0.2, 0) is 20.7 Å². The first kappa shape index (κ1) is 29.7. The van der Waals surface area contributed by atoms with E-state index in [4.69, 9.17) is 9.47 Å². The lowest BCUT2D eigenvalue weighted by atomic mass is 9.99. The van der Waals surface area contributed by atoms with E-state index in [1.165, 1.54) is 63.4 Å². The molecule has 0 fully saturated rings. The number of esters is 1. The van der Waals surface area contributed by atoms with E-state index in [0.29, 0.717) is 24.7 Å². The quantitative estimate of drug-likeness (QED) is 0.139. The summed E-state index contributed by atoms with van der Waals surface area (Å²) in [6, 6.07) is 10.9. The molecule has 0 aliphatic heterocycles. The van der Waals surface area contributed by atoms with Gasteiger partial charge in [-0.25, -0.2) is 9.59 Å². The molecule has 0 aliphatic rings. The Kier molecular flexibility index (Phi) is 17.5. The fraction of sp³-hybridized carbons (Fsp3) is 0.643. The second-order valence-electron chi connectivity index (χ2n) is 8.94. The topological polar surface area (TPSA) is 76.7 Å². The van der Waals surface area contributed by atoms with Gasteiger partial charge in [0.25, 0.3) is 0 Å². The molecule has 6 nitrogen and oxygen atoms in total. The van der Waals surface area contributed by atoms with Crippen molar-refractivity contribution in [3.63, 3.8) is 0 Å². The van der Waals surface area contributed by atoms with Crippen LogP contribution in [-0.4, -0.2) is 44.4 Å². The van der Waals surface area contributed by atoms with Crippen LogP contribution in [0.3, 0.4) is 0 Å². The van der Waals surface area contributed by atoms with Crippen molar-refractivity contribution in [2.45, 2.75) is 90.5 Å². The zero-order valence-corrected chi connectivity index (χ0v) is 21.4. The number of unbranched alkanes of at least 4 members (excludes halogenated alkanes) is 8. The van der Waals surface area contributed by atoms with Gasteiger partial charge in [0.15, 0.2) is 0 Å². The monoisotopic (exact) mass is 474 g/mol. The van der Waals surface area contributed by atoms with Crippen LogP contribution in [0.2, 0.25) is 0 Å². The van der Waals surface area contributed by atoms with Crippen molar-refractivity contribution >= 4 is 12.1 Å². The standard InChI is InChI=1S/C28H46N2O4/c1-4-5-6-7-8-9-10-11-15-18-26(23-25-16-13-12-14-17-25)29-19-20-30-28(32)34-22-21-33-27(31)24(2)3/h12-14,16-17,26,29H,2,4-11,15,18-23H2,1,3H3,(H,30,32). The minimum atomic E-state index is -0.508. The Labute approximate surface area is 206 Å². The number of nitrogens with one attached hydrogen (secondary N) is 2. The molecular formula is C28H46N2O4. The maximum atomic E-state index is 11.8. The van der Waals surface area contributed by atoms with Crippen molar-refractivity contribution in [3.8, 4) is 0 Å². The summed E-state index contributed by atoms with van der Waals surface area (Å²) >= 11 is 0. The fourth-order valence-corrected chi connectivity index (χ4v) is 3.76. The predicted octanol–water partition coefficient (Wildman–Crippen LogP) is 5.95. The van der Waals surface area contributed by atoms with Crippen molar-refractivity contribution < 1.29 is 19.1 Å². The maximum absolute atomic E-state index is 11.8. The van der Waals surface area contributed by atoms with Crippen LogP contribution in [0.25, 0.3) is 0 Å². The molecule has 6 heteroatoms. The molecular weight excluding hydrogens is 428 g/mol. The number of ether oxygens (including phenoxy) is 2. The number of benzene rings is 1. The van der Waals surface area contributed by atoms with Crippen LogP contribution >= 0.6 is 0 Å². The average molecular weight is 475 g/mol. The molecule has 1 aromatic carbocycles. The van der Waals surface area contributed by atoms with Crippen LogP contribution in [0.15, 0.2) is 42.5 Å². The highest BCUT2D eigenvalue weighted by Gasteiger charge is 2.10. The molecule has 0 saturated carbocycles. The second kappa shape index (κ2) is 20.1. The zero-order valence-electron chi connectivity index (χ0n) is 21.4. The lowest BCUT2D eigenvalue weighted by molar-refractivity contribution is -0.139. The molecule has 0 heterocycles. The molecule has 0 radical (unpaired) electrons. The second-order valence-corrected chi connectivity index (χ2v) is 8.94. The van der Waals surface area contributed by atoms with Crippen LogP contribution < -0.4 is 10.6 Å². The molecule has 1 rings (SSSR count). The van der Waals surface area contributed by atoms with Crippen LogP contribution in [0.4, 0.5) is 4.79 Å². The highest BCUT2D eigenvalue weighted by molar-refractivity contribution is 5.86. The highest BCUT2D eigenvalue weighted by Crippen LogP contribution is 2.13. The lowest BCUT2D eigenvalue weighted by Gasteiger charge is -2.19. The fourth-order valence-electron chi connectivity index (χ4n) is 3.76. The zero-order chi connectivity index (χ0) is 24.9. The summed E-state index contributed by atoms with van der Waals surface area (Å²) in [6.45, 7) is 8.53. The summed E-state index contributed by atoms with van der Waals surface area (Å²) in [5.74, 6) is -0.482. The maximum Gasteiger partial charge on any atom is 0.407 e. The van der Waals surface area contributed by atoms with Crippen molar-refractivity contribution in [1.29, 1.82) is 0 Å². The van der Waals surface area contributed by atoms with Gasteiger partial charge >= 0.3 is 12.1 Å². The number of carbonyl (C=O) groups is 2. The first-order valence-electron chi connectivity index (χ1n) is 13.0. The first-order chi connectivity index (χ1) is 16.5. The Bertz CT molecular complexity index is 678. The van der Waals surface area contributed by atoms with Gasteiger partial charge in [0.05, 0.1) is 0 Å². The molecule has 0 spiro atoms. The SMILES string of the molecule is C=C(C)C(=O)OCCOC(=O)NCCNC(CCCCCCCCCCC)Cc1ccccc1. The van der Waals surface area contributed by atoms with Gasteiger partial charge in [0, 0.05) is 24.7 Å². The molecule has 0 aromatic heterocycles. The van der Waals surface area contributed by atoms with Gasteiger partial charge in [-0.3, -0.25) is 0 Å². The van der Waals surface area contributed by atoms with E-state index in [9.17, 15) is 9.59 Å². The number of hydrogen-bond donors (Lipinski definition) is 2. The number of rotatable bonds is 20. The van der Waals surface area contributed by atoms with Crippen molar-refractivity contribution in [2.24, 2.45) is 0 Å². The molecule has 192 valence electrons. The summed E-state index contributed by atoms with van der Waals surface area (Å²) in [6.07, 6.45) is 13.6. The van der Waals surface area contributed by atoms with Crippen molar-refractivity contribution in [2.75, 3.05) is 26.3 Å². The van der Waals surface area contributed by atoms with Crippen molar-refractivity contribution in [3.05, 3.63) is 48.0 Å². The van der Waals surface area contributed by atoms with Crippen LogP contribution in [0.5, 0.6) is 0 Å². The van der Waals surface area contributed by atoms with Gasteiger partial charge in [-0.1, -0.05) is 102 Å². The van der Waals surface area contributed by atoms with Gasteiger partial charge in [-0.05, 0) is 25.3 Å². The summed E-state index contributed by atoms with van der Waals surface area (Å²) in [5, 5.41) is 6.33. The summed E-state index contributed by atoms with van der Waals surface area (Å²) < 4.78 is 9.92. The van der Waals surface area contributed by atoms with Gasteiger partial charge in [-0.15, -0.1) is 0 Å². The third kappa shape index (κ3) is 16.3. The number of hydrogen-bond acceptors (Lipinski definition) is 5. The summed E-state index contributed by atoms with van der Waals surface area (Å²) in [7, 11) is 0. The molecule has 34 heavy (non-hydrogen) atoms. The van der Waals surface area contributed by atoms with Gasteiger partial charge in [0.1, 0.15) is 13.2 Å². The van der Waals surface area contributed by atoms with Crippen molar-refractivity contribution in [1.82, 2.24) is 10.6 Å². The van der Waals surface area contributed by atoms with E-state index >= 15 is 0 Å². The van der Waals surface area contributed by atoms with E-state index in [0.717, 1.165) is 12.8 Å². The van der Waals surface area contributed by atoms with Gasteiger partial charge in [-0.2, -0.15) is 0 Å². The van der Waals surface area contributed by atoms with Gasteiger partial charge in [0.2, 0.25) is 0 Å². The summed E-state index contributed by atoms with van der Waals surface area (Å²) in [5.41, 5.74) is 1.65. The number of carbonyl (C=O) groups excluding carboxylic acids is 2. The Morgan fingerprint density at radius 3 is 2.15 bits per heavy atom. The smallest absolute Gasteiger partial charge is 0.407 e. The molecule has 0 bridgehead atoms. The molecule has 1 unspecified atom stereocenters. The van der Waals surface area contributed by atoms with E-state index in [1.54, 1.807) is 6.92 Å².